The molecule has 0 atom stereocenters. The summed E-state index contributed by atoms with van der Waals surface area (Å²) in [5, 5.41) is 7.26. The summed E-state index contributed by atoms with van der Waals surface area (Å²) < 4.78 is 2.26. The number of carbonyl (C=O) groups is 1. The molecule has 2 saturated carbocycles. The van der Waals surface area contributed by atoms with Crippen LogP contribution in [0, 0.1) is 0 Å². The third-order valence-electron chi connectivity index (χ3n) is 7.74. The normalized spacial score (nSPS) is 23.5. The van der Waals surface area contributed by atoms with Crippen LogP contribution in [0.25, 0.3) is 11.2 Å². The predicted octanol–water partition coefficient (Wildman–Crippen LogP) is 4.28. The number of anilines is 2. The summed E-state index contributed by atoms with van der Waals surface area (Å²) in [5.74, 6) is 1.74. The lowest BCUT2D eigenvalue weighted by Crippen LogP contribution is -2.42. The first kappa shape index (κ1) is 27.7. The fraction of sp³-hybridized carbons (Fsp3) is 0.750. The van der Waals surface area contributed by atoms with Crippen molar-refractivity contribution in [3.63, 3.8) is 0 Å². The number of rotatable bonds is 6. The number of hydrogen-bond donors (Lipinski definition) is 3. The Morgan fingerprint density at radius 2 is 1.63 bits per heavy atom. The van der Waals surface area contributed by atoms with Gasteiger partial charge in [-0.1, -0.05) is 19.8 Å². The second-order valence-electron chi connectivity index (χ2n) is 10.1. The predicted molar refractivity (Wildman–Crippen MR) is 145 cm³/mol. The zero-order valence-corrected chi connectivity index (χ0v) is 22.3. The Morgan fingerprint density at radius 3 is 2.29 bits per heavy atom. The molecule has 2 aromatic rings. The topological polar surface area (TPSA) is 114 Å². The summed E-state index contributed by atoms with van der Waals surface area (Å²) >= 11 is 0. The van der Waals surface area contributed by atoms with E-state index in [4.69, 9.17) is 20.7 Å². The molecule has 35 heavy (non-hydrogen) atoms. The number of halogens is 2. The number of piperidine rings is 1. The molecule has 2 aliphatic carbocycles. The highest BCUT2D eigenvalue weighted by Gasteiger charge is 2.26. The van der Waals surface area contributed by atoms with Gasteiger partial charge in [0.2, 0.25) is 11.9 Å². The van der Waals surface area contributed by atoms with E-state index in [0.717, 1.165) is 68.6 Å². The largest absolute Gasteiger partial charge is 0.365 e. The second kappa shape index (κ2) is 12.4. The number of nitrogens with one attached hydrogen (secondary N) is 2. The van der Waals surface area contributed by atoms with Crippen LogP contribution in [-0.4, -0.2) is 61.5 Å². The first-order valence-electron chi connectivity index (χ1n) is 12.9. The van der Waals surface area contributed by atoms with Crippen LogP contribution in [0.4, 0.5) is 11.8 Å². The van der Waals surface area contributed by atoms with Crippen molar-refractivity contribution in [1.82, 2.24) is 24.4 Å². The van der Waals surface area contributed by atoms with Gasteiger partial charge in [-0.3, -0.25) is 4.79 Å². The highest BCUT2D eigenvalue weighted by molar-refractivity contribution is 5.86. The molecule has 9 nitrogen and oxygen atoms in total. The molecular formula is C24H40Cl2N8O. The third kappa shape index (κ3) is 6.30. The molecule has 4 N–H and O–H groups in total. The molecule has 11 heteroatoms. The lowest BCUT2D eigenvalue weighted by Gasteiger charge is -2.32. The number of nitrogens with two attached hydrogens (primary N) is 1. The Balaban J connectivity index is 0.00000171. The van der Waals surface area contributed by atoms with Crippen molar-refractivity contribution in [2.75, 3.05) is 23.7 Å². The highest BCUT2D eigenvalue weighted by atomic mass is 35.5. The molecule has 0 aromatic carbocycles. The summed E-state index contributed by atoms with van der Waals surface area (Å²) in [7, 11) is 0. The smallest absolute Gasteiger partial charge is 0.227 e. The zero-order chi connectivity index (χ0) is 22.8. The second-order valence-corrected chi connectivity index (χ2v) is 10.1. The standard InChI is InChI=1S/C24H38N8O.2ClH/c1-2-20(33)31-13-11-18(12-14-31)27-22-21-23(32(15-26-21)19-5-3-4-6-19)30-24(29-22)28-17-9-7-16(25)8-10-17;;/h15-19H,2-14,25H2,1H3,(H2,27,28,29,30);2*1H. The Kier molecular flexibility index (Phi) is 9.84. The maximum atomic E-state index is 12.0. The summed E-state index contributed by atoms with van der Waals surface area (Å²) in [6.07, 6.45) is 13.5. The van der Waals surface area contributed by atoms with Gasteiger partial charge in [-0.25, -0.2) is 4.98 Å². The molecule has 0 bridgehead atoms. The van der Waals surface area contributed by atoms with Gasteiger partial charge < -0.3 is 25.8 Å². The molecule has 0 spiro atoms. The van der Waals surface area contributed by atoms with Crippen LogP contribution in [0.5, 0.6) is 0 Å². The van der Waals surface area contributed by atoms with Crippen molar-refractivity contribution >= 4 is 53.7 Å². The van der Waals surface area contributed by atoms with E-state index in [1.807, 2.05) is 18.2 Å². The number of aromatic nitrogens is 4. The molecule has 2 aromatic heterocycles. The van der Waals surface area contributed by atoms with Gasteiger partial charge in [-0.05, 0) is 51.4 Å². The molecule has 1 aliphatic heterocycles. The SMILES string of the molecule is CCC(=O)N1CCC(Nc2nc(NC3CCC(N)CC3)nc3c2ncn3C2CCCC2)CC1.Cl.Cl. The Bertz CT molecular complexity index is 964. The van der Waals surface area contributed by atoms with Crippen molar-refractivity contribution in [3.05, 3.63) is 6.33 Å². The number of fused-ring (bicyclic) bond motifs is 1. The maximum Gasteiger partial charge on any atom is 0.227 e. The number of hydrogen-bond acceptors (Lipinski definition) is 7. The first-order chi connectivity index (χ1) is 16.1. The van der Waals surface area contributed by atoms with Crippen LogP contribution in [0.3, 0.4) is 0 Å². The van der Waals surface area contributed by atoms with E-state index < -0.39 is 0 Å². The van der Waals surface area contributed by atoms with Crippen LogP contribution in [0.1, 0.15) is 83.6 Å². The van der Waals surface area contributed by atoms with Gasteiger partial charge >= 0.3 is 0 Å². The average molecular weight is 528 g/mol. The van der Waals surface area contributed by atoms with Gasteiger partial charge in [0.15, 0.2) is 17.0 Å². The van der Waals surface area contributed by atoms with Gasteiger partial charge in [-0.15, -0.1) is 24.8 Å². The molecule has 3 aliphatic rings. The Labute approximate surface area is 220 Å². The monoisotopic (exact) mass is 526 g/mol. The van der Waals surface area contributed by atoms with Crippen molar-refractivity contribution in [3.8, 4) is 0 Å². The van der Waals surface area contributed by atoms with Crippen molar-refractivity contribution in [1.29, 1.82) is 0 Å². The van der Waals surface area contributed by atoms with Crippen LogP contribution in [-0.2, 0) is 4.79 Å². The fourth-order valence-corrected chi connectivity index (χ4v) is 5.67. The van der Waals surface area contributed by atoms with E-state index >= 15 is 0 Å². The number of likely N-dealkylation sites (tertiary alicyclic amines) is 1. The Hall–Kier alpha value is -1.84. The quantitative estimate of drug-likeness (QED) is 0.514. The van der Waals surface area contributed by atoms with E-state index in [9.17, 15) is 4.79 Å². The van der Waals surface area contributed by atoms with Gasteiger partial charge in [-0.2, -0.15) is 9.97 Å². The molecule has 1 amide bonds. The minimum absolute atomic E-state index is 0. The van der Waals surface area contributed by atoms with E-state index in [2.05, 4.69) is 15.2 Å². The minimum Gasteiger partial charge on any atom is -0.365 e. The van der Waals surface area contributed by atoms with E-state index in [0.29, 0.717) is 30.5 Å². The van der Waals surface area contributed by atoms with Crippen molar-refractivity contribution in [2.45, 2.75) is 102 Å². The summed E-state index contributed by atoms with van der Waals surface area (Å²) in [6.45, 7) is 3.52. The summed E-state index contributed by atoms with van der Waals surface area (Å²) in [5.41, 5.74) is 7.88. The van der Waals surface area contributed by atoms with Gasteiger partial charge in [0.05, 0.1) is 6.33 Å². The molecule has 0 unspecified atom stereocenters. The number of carbonyl (C=O) groups excluding carboxylic acids is 1. The molecule has 3 heterocycles. The van der Waals surface area contributed by atoms with E-state index in [1.165, 1.54) is 25.7 Å². The lowest BCUT2D eigenvalue weighted by molar-refractivity contribution is -0.131. The van der Waals surface area contributed by atoms with E-state index in [-0.39, 0.29) is 36.8 Å². The maximum absolute atomic E-state index is 12.0. The van der Waals surface area contributed by atoms with Gasteiger partial charge in [0, 0.05) is 43.7 Å². The highest BCUT2D eigenvalue weighted by Crippen LogP contribution is 2.33. The van der Waals surface area contributed by atoms with Crippen LogP contribution in [0.2, 0.25) is 0 Å². The fourth-order valence-electron chi connectivity index (χ4n) is 5.67. The summed E-state index contributed by atoms with van der Waals surface area (Å²) in [6, 6.07) is 1.43. The molecule has 0 radical (unpaired) electrons. The minimum atomic E-state index is 0. The van der Waals surface area contributed by atoms with Crippen molar-refractivity contribution < 1.29 is 4.79 Å². The van der Waals surface area contributed by atoms with Gasteiger partial charge in [0.1, 0.15) is 0 Å². The van der Waals surface area contributed by atoms with Crippen LogP contribution < -0.4 is 16.4 Å². The average Bonchev–Trinajstić information content (AvgIpc) is 3.50. The molecular weight excluding hydrogens is 487 g/mol. The zero-order valence-electron chi connectivity index (χ0n) is 20.6. The van der Waals surface area contributed by atoms with Crippen LogP contribution >= 0.6 is 24.8 Å². The first-order valence-corrected chi connectivity index (χ1v) is 12.9. The lowest BCUT2D eigenvalue weighted by atomic mass is 9.92. The molecule has 1 saturated heterocycles. The number of amides is 1. The molecule has 196 valence electrons. The van der Waals surface area contributed by atoms with Crippen LogP contribution in [0.15, 0.2) is 6.33 Å². The number of imidazole rings is 1. The van der Waals surface area contributed by atoms with E-state index in [1.54, 1.807) is 0 Å². The Morgan fingerprint density at radius 1 is 0.971 bits per heavy atom. The summed E-state index contributed by atoms with van der Waals surface area (Å²) in [4.78, 5) is 28.6. The van der Waals surface area contributed by atoms with Gasteiger partial charge in [0.25, 0.3) is 0 Å². The molecule has 3 fully saturated rings. The van der Waals surface area contributed by atoms with Crippen molar-refractivity contribution in [2.24, 2.45) is 5.73 Å². The molecule has 5 rings (SSSR count). The number of nitrogens with zero attached hydrogens (tertiary/aromatic N) is 5. The third-order valence-corrected chi connectivity index (χ3v) is 7.74.